The first-order valence-electron chi connectivity index (χ1n) is 10.1. The Balaban J connectivity index is 0.00000480. The zero-order valence-electron chi connectivity index (χ0n) is 18.4. The standard InChI is InChI=1S/C22H31FN4O2S.HI/c1-5-25-22(27-14-21(16(2)3)17-7-6-10-24-12-17)26-13-19-11-20(23)9-8-18(19)15-30(4,28)29;/h6-12,16,21H,5,13-15H2,1-4H3,(H2,25,26,27);1H. The number of benzene rings is 1. The summed E-state index contributed by atoms with van der Waals surface area (Å²) in [6, 6.07) is 8.13. The highest BCUT2D eigenvalue weighted by Crippen LogP contribution is 2.22. The molecule has 1 aromatic carbocycles. The van der Waals surface area contributed by atoms with Gasteiger partial charge >= 0.3 is 0 Å². The quantitative estimate of drug-likeness (QED) is 0.276. The molecule has 2 N–H and O–H groups in total. The van der Waals surface area contributed by atoms with Crippen molar-refractivity contribution in [2.75, 3.05) is 19.3 Å². The Labute approximate surface area is 202 Å². The normalized spacial score (nSPS) is 12.9. The van der Waals surface area contributed by atoms with E-state index in [0.717, 1.165) is 5.56 Å². The number of nitrogens with one attached hydrogen (secondary N) is 2. The number of aliphatic imine (C=N–C) groups is 1. The topological polar surface area (TPSA) is 83.5 Å². The van der Waals surface area contributed by atoms with Crippen LogP contribution in [-0.2, 0) is 22.1 Å². The molecule has 0 aliphatic carbocycles. The van der Waals surface area contributed by atoms with Crippen LogP contribution in [0.15, 0.2) is 47.7 Å². The van der Waals surface area contributed by atoms with Gasteiger partial charge in [-0.25, -0.2) is 17.8 Å². The van der Waals surface area contributed by atoms with E-state index in [0.29, 0.717) is 36.1 Å². The minimum Gasteiger partial charge on any atom is -0.357 e. The fourth-order valence-corrected chi connectivity index (χ4v) is 4.06. The van der Waals surface area contributed by atoms with Crippen LogP contribution in [0.5, 0.6) is 0 Å². The van der Waals surface area contributed by atoms with Crippen LogP contribution in [0.4, 0.5) is 4.39 Å². The molecule has 0 spiro atoms. The average molecular weight is 562 g/mol. The molecule has 0 saturated carbocycles. The Morgan fingerprint density at radius 1 is 1.19 bits per heavy atom. The molecule has 0 saturated heterocycles. The van der Waals surface area contributed by atoms with E-state index >= 15 is 0 Å². The van der Waals surface area contributed by atoms with E-state index in [9.17, 15) is 12.8 Å². The van der Waals surface area contributed by atoms with E-state index < -0.39 is 15.7 Å². The van der Waals surface area contributed by atoms with Gasteiger partial charge in [-0.05, 0) is 47.7 Å². The minimum atomic E-state index is -3.23. The van der Waals surface area contributed by atoms with Gasteiger partial charge in [-0.2, -0.15) is 0 Å². The fourth-order valence-electron chi connectivity index (χ4n) is 3.21. The summed E-state index contributed by atoms with van der Waals surface area (Å²) in [5, 5.41) is 6.54. The van der Waals surface area contributed by atoms with Crippen molar-refractivity contribution < 1.29 is 12.8 Å². The first-order chi connectivity index (χ1) is 14.2. The molecule has 1 aromatic heterocycles. The summed E-state index contributed by atoms with van der Waals surface area (Å²) in [5.41, 5.74) is 2.27. The van der Waals surface area contributed by atoms with Gasteiger partial charge in [-0.1, -0.05) is 26.0 Å². The number of hydrogen-bond acceptors (Lipinski definition) is 4. The smallest absolute Gasteiger partial charge is 0.191 e. The molecule has 0 fully saturated rings. The molecule has 2 rings (SSSR count). The van der Waals surface area contributed by atoms with Crippen molar-refractivity contribution in [1.82, 2.24) is 15.6 Å². The molecule has 1 unspecified atom stereocenters. The Morgan fingerprint density at radius 2 is 1.94 bits per heavy atom. The summed E-state index contributed by atoms with van der Waals surface area (Å²) in [6.45, 7) is 7.80. The molecule has 0 amide bonds. The molecule has 1 heterocycles. The molecule has 0 radical (unpaired) electrons. The summed E-state index contributed by atoms with van der Waals surface area (Å²) in [7, 11) is -3.23. The van der Waals surface area contributed by atoms with Gasteiger partial charge in [0.25, 0.3) is 0 Å². The lowest BCUT2D eigenvalue weighted by atomic mass is 9.89. The van der Waals surface area contributed by atoms with E-state index in [1.807, 2.05) is 19.2 Å². The molecular weight excluding hydrogens is 530 g/mol. The molecule has 6 nitrogen and oxygen atoms in total. The summed E-state index contributed by atoms with van der Waals surface area (Å²) in [5.74, 6) is 0.693. The predicted octanol–water partition coefficient (Wildman–Crippen LogP) is 3.88. The monoisotopic (exact) mass is 562 g/mol. The number of hydrogen-bond donors (Lipinski definition) is 2. The summed E-state index contributed by atoms with van der Waals surface area (Å²) in [4.78, 5) is 8.77. The van der Waals surface area contributed by atoms with Gasteiger partial charge in [-0.15, -0.1) is 24.0 Å². The minimum absolute atomic E-state index is 0. The van der Waals surface area contributed by atoms with Crippen LogP contribution in [0.1, 0.15) is 43.4 Å². The Hall–Kier alpha value is -1.75. The second-order valence-electron chi connectivity index (χ2n) is 7.70. The highest BCUT2D eigenvalue weighted by atomic mass is 127. The number of halogens is 2. The Morgan fingerprint density at radius 3 is 2.52 bits per heavy atom. The van der Waals surface area contributed by atoms with Crippen LogP contribution in [-0.4, -0.2) is 38.7 Å². The third-order valence-electron chi connectivity index (χ3n) is 4.74. The maximum absolute atomic E-state index is 13.7. The van der Waals surface area contributed by atoms with Crippen molar-refractivity contribution in [3.8, 4) is 0 Å². The van der Waals surface area contributed by atoms with Crippen molar-refractivity contribution >= 4 is 39.8 Å². The molecule has 0 aliphatic heterocycles. The van der Waals surface area contributed by atoms with Crippen LogP contribution in [0.2, 0.25) is 0 Å². The largest absolute Gasteiger partial charge is 0.357 e. The van der Waals surface area contributed by atoms with E-state index in [-0.39, 0.29) is 42.2 Å². The number of pyridine rings is 1. The van der Waals surface area contributed by atoms with Crippen LogP contribution in [0, 0.1) is 11.7 Å². The van der Waals surface area contributed by atoms with Gasteiger partial charge in [0.1, 0.15) is 5.82 Å². The lowest BCUT2D eigenvalue weighted by Gasteiger charge is -2.23. The first-order valence-corrected chi connectivity index (χ1v) is 12.1. The molecule has 9 heteroatoms. The average Bonchev–Trinajstić information content (AvgIpc) is 2.67. The van der Waals surface area contributed by atoms with Crippen LogP contribution >= 0.6 is 24.0 Å². The fraction of sp³-hybridized carbons (Fsp3) is 0.455. The Bertz CT molecular complexity index is 953. The second kappa shape index (κ2) is 12.9. The maximum atomic E-state index is 13.7. The number of nitrogens with zero attached hydrogens (tertiary/aromatic N) is 2. The van der Waals surface area contributed by atoms with Gasteiger partial charge in [0.05, 0.1) is 12.3 Å². The predicted molar refractivity (Wildman–Crippen MR) is 135 cm³/mol. The number of guanidine groups is 1. The molecule has 0 aliphatic rings. The SMILES string of the molecule is CCNC(=NCc1cc(F)ccc1CS(C)(=O)=O)NCC(c1cccnc1)C(C)C.I. The highest BCUT2D eigenvalue weighted by molar-refractivity contribution is 14.0. The molecule has 31 heavy (non-hydrogen) atoms. The van der Waals surface area contributed by atoms with Gasteiger partial charge in [0.2, 0.25) is 0 Å². The molecule has 0 bridgehead atoms. The molecule has 2 aromatic rings. The third kappa shape index (κ3) is 9.51. The zero-order valence-corrected chi connectivity index (χ0v) is 21.6. The van der Waals surface area contributed by atoms with Crippen molar-refractivity contribution in [2.45, 2.75) is 39.0 Å². The third-order valence-corrected chi connectivity index (χ3v) is 5.58. The van der Waals surface area contributed by atoms with Crippen LogP contribution in [0.3, 0.4) is 0 Å². The van der Waals surface area contributed by atoms with E-state index in [2.05, 4.69) is 40.5 Å². The zero-order chi connectivity index (χ0) is 22.1. The Kier molecular flexibility index (Phi) is 11.4. The van der Waals surface area contributed by atoms with Gasteiger partial charge in [0.15, 0.2) is 15.8 Å². The van der Waals surface area contributed by atoms with Gasteiger partial charge in [-0.3, -0.25) is 4.98 Å². The summed E-state index contributed by atoms with van der Waals surface area (Å²) in [6.07, 6.45) is 4.80. The van der Waals surface area contributed by atoms with E-state index in [1.54, 1.807) is 6.20 Å². The van der Waals surface area contributed by atoms with E-state index in [1.165, 1.54) is 24.5 Å². The maximum Gasteiger partial charge on any atom is 0.191 e. The number of aromatic nitrogens is 1. The first kappa shape index (κ1) is 27.3. The highest BCUT2D eigenvalue weighted by Gasteiger charge is 2.17. The lowest BCUT2D eigenvalue weighted by Crippen LogP contribution is -2.40. The summed E-state index contributed by atoms with van der Waals surface area (Å²) >= 11 is 0. The second-order valence-corrected chi connectivity index (χ2v) is 9.84. The van der Waals surface area contributed by atoms with E-state index in [4.69, 9.17) is 0 Å². The molecular formula is C22H32FIN4O2S. The van der Waals surface area contributed by atoms with Crippen molar-refractivity contribution in [3.05, 3.63) is 65.2 Å². The van der Waals surface area contributed by atoms with Crippen molar-refractivity contribution in [2.24, 2.45) is 10.9 Å². The van der Waals surface area contributed by atoms with Crippen molar-refractivity contribution in [3.63, 3.8) is 0 Å². The number of sulfone groups is 1. The molecule has 1 atom stereocenters. The number of rotatable bonds is 9. The van der Waals surface area contributed by atoms with Crippen LogP contribution in [0.25, 0.3) is 0 Å². The summed E-state index contributed by atoms with van der Waals surface area (Å²) < 4.78 is 37.1. The molecule has 172 valence electrons. The van der Waals surface area contributed by atoms with Crippen molar-refractivity contribution in [1.29, 1.82) is 0 Å². The van der Waals surface area contributed by atoms with Gasteiger partial charge < -0.3 is 10.6 Å². The van der Waals surface area contributed by atoms with Crippen LogP contribution < -0.4 is 10.6 Å². The lowest BCUT2D eigenvalue weighted by molar-refractivity contribution is 0.487. The van der Waals surface area contributed by atoms with Gasteiger partial charge in [0, 0.05) is 37.7 Å².